The summed E-state index contributed by atoms with van der Waals surface area (Å²) < 4.78 is 88.8. The maximum Gasteiger partial charge on any atom is 0.430 e. The number of nitrogens with one attached hydrogen (secondary N) is 1. The standard InChI is InChI=1S/C29H33F3N4O7S2/c1-28(2,3)42-26(37)35-13-18(14-35)41-23-9-7-8-20(30)19(23)12-33-17-10-21(31)25(22(32)11-17)45(39,40)36(24-15-44-16-34-24)27(38)43-29(4,5)6/h7-11,15-16,18,33H,12-14H2,1-6H3. The van der Waals surface area contributed by atoms with Gasteiger partial charge in [0.25, 0.3) is 10.0 Å². The first-order valence-electron chi connectivity index (χ1n) is 13.7. The van der Waals surface area contributed by atoms with Crippen molar-refractivity contribution >= 4 is 45.1 Å². The number of hydrogen-bond donors (Lipinski definition) is 1. The normalized spacial score (nSPS) is 14.0. The van der Waals surface area contributed by atoms with Crippen LogP contribution in [0.3, 0.4) is 0 Å². The van der Waals surface area contributed by atoms with Crippen LogP contribution in [-0.4, -0.2) is 60.9 Å². The monoisotopic (exact) mass is 670 g/mol. The molecule has 244 valence electrons. The van der Waals surface area contributed by atoms with Crippen LogP contribution in [0.4, 0.5) is 34.3 Å². The Hall–Kier alpha value is -4.05. The summed E-state index contributed by atoms with van der Waals surface area (Å²) >= 11 is 0.958. The number of thiazole rings is 1. The number of ether oxygens (including phenoxy) is 3. The van der Waals surface area contributed by atoms with Crippen molar-refractivity contribution in [1.82, 2.24) is 9.88 Å². The Morgan fingerprint density at radius 1 is 1.02 bits per heavy atom. The van der Waals surface area contributed by atoms with Crippen molar-refractivity contribution in [2.45, 2.75) is 70.3 Å². The van der Waals surface area contributed by atoms with Crippen molar-refractivity contribution in [3.63, 3.8) is 0 Å². The van der Waals surface area contributed by atoms with E-state index in [-0.39, 0.29) is 40.9 Å². The molecule has 11 nitrogen and oxygen atoms in total. The van der Waals surface area contributed by atoms with Gasteiger partial charge in [0.15, 0.2) is 10.7 Å². The van der Waals surface area contributed by atoms with Crippen LogP contribution in [-0.2, 0) is 26.0 Å². The molecule has 1 aliphatic heterocycles. The summed E-state index contributed by atoms with van der Waals surface area (Å²) in [5.74, 6) is -3.94. The summed E-state index contributed by atoms with van der Waals surface area (Å²) in [5, 5.41) is 3.89. The van der Waals surface area contributed by atoms with E-state index in [1.54, 1.807) is 20.8 Å². The van der Waals surface area contributed by atoms with Crippen LogP contribution < -0.4 is 14.4 Å². The van der Waals surface area contributed by atoms with Crippen molar-refractivity contribution < 1.29 is 45.4 Å². The molecule has 1 N–H and O–H groups in total. The lowest BCUT2D eigenvalue weighted by Crippen LogP contribution is -2.57. The van der Waals surface area contributed by atoms with E-state index in [9.17, 15) is 22.4 Å². The predicted molar refractivity (Wildman–Crippen MR) is 160 cm³/mol. The highest BCUT2D eigenvalue weighted by atomic mass is 32.2. The summed E-state index contributed by atoms with van der Waals surface area (Å²) in [7, 11) is -5.18. The lowest BCUT2D eigenvalue weighted by molar-refractivity contribution is -0.0224. The van der Waals surface area contributed by atoms with Crippen molar-refractivity contribution in [2.75, 3.05) is 22.7 Å². The molecule has 0 spiro atoms. The highest BCUT2D eigenvalue weighted by molar-refractivity contribution is 7.93. The summed E-state index contributed by atoms with van der Waals surface area (Å²) in [6, 6.07) is 5.53. The molecule has 4 rings (SSSR count). The van der Waals surface area contributed by atoms with E-state index < -0.39 is 67.7 Å². The Labute approximate surface area is 262 Å². The summed E-state index contributed by atoms with van der Waals surface area (Å²) in [6.45, 7) is 9.86. The van der Waals surface area contributed by atoms with E-state index in [1.165, 1.54) is 54.8 Å². The Kier molecular flexibility index (Phi) is 9.59. The molecule has 0 saturated carbocycles. The van der Waals surface area contributed by atoms with Gasteiger partial charge in [-0.3, -0.25) is 0 Å². The van der Waals surface area contributed by atoms with E-state index in [4.69, 9.17) is 14.2 Å². The molecule has 0 aliphatic carbocycles. The molecule has 0 radical (unpaired) electrons. The molecule has 0 atom stereocenters. The fourth-order valence-corrected chi connectivity index (χ4v) is 6.06. The van der Waals surface area contributed by atoms with Crippen LogP contribution in [0.5, 0.6) is 5.75 Å². The number of carbonyl (C=O) groups excluding carboxylic acids is 2. The second-order valence-corrected chi connectivity index (χ2v) is 14.5. The molecule has 2 heterocycles. The second kappa shape index (κ2) is 12.7. The molecule has 2 aromatic carbocycles. The molecule has 45 heavy (non-hydrogen) atoms. The second-order valence-electron chi connectivity index (χ2n) is 12.1. The van der Waals surface area contributed by atoms with Crippen LogP contribution >= 0.6 is 11.3 Å². The van der Waals surface area contributed by atoms with Gasteiger partial charge < -0.3 is 24.4 Å². The molecule has 0 bridgehead atoms. The van der Waals surface area contributed by atoms with E-state index in [1.807, 2.05) is 0 Å². The zero-order chi connectivity index (χ0) is 33.3. The minimum atomic E-state index is -5.18. The van der Waals surface area contributed by atoms with Gasteiger partial charge in [0.1, 0.15) is 40.5 Å². The van der Waals surface area contributed by atoms with Crippen molar-refractivity contribution in [2.24, 2.45) is 0 Å². The average Bonchev–Trinajstić information content (AvgIpc) is 3.36. The van der Waals surface area contributed by atoms with E-state index >= 15 is 8.78 Å². The fraction of sp³-hybridized carbons (Fsp3) is 0.414. The third kappa shape index (κ3) is 8.16. The number of nitrogens with zero attached hydrogens (tertiary/aromatic N) is 3. The van der Waals surface area contributed by atoms with E-state index in [2.05, 4.69) is 10.3 Å². The van der Waals surface area contributed by atoms with Crippen LogP contribution in [0.1, 0.15) is 47.1 Å². The van der Waals surface area contributed by atoms with Crippen LogP contribution in [0.15, 0.2) is 46.1 Å². The van der Waals surface area contributed by atoms with Crippen molar-refractivity contribution in [1.29, 1.82) is 0 Å². The lowest BCUT2D eigenvalue weighted by atomic mass is 10.1. The number of hydrogen-bond acceptors (Lipinski definition) is 10. The number of aromatic nitrogens is 1. The van der Waals surface area contributed by atoms with Gasteiger partial charge in [-0.1, -0.05) is 6.07 Å². The minimum absolute atomic E-state index is 0.0327. The number of rotatable bonds is 8. The summed E-state index contributed by atoms with van der Waals surface area (Å²) in [4.78, 5) is 28.9. The van der Waals surface area contributed by atoms with Gasteiger partial charge in [0.05, 0.1) is 18.6 Å². The number of anilines is 2. The Balaban J connectivity index is 1.51. The van der Waals surface area contributed by atoms with Gasteiger partial charge in [-0.15, -0.1) is 15.6 Å². The number of sulfonamides is 1. The fourth-order valence-electron chi connectivity index (χ4n) is 4.10. The maximum absolute atomic E-state index is 15.3. The smallest absolute Gasteiger partial charge is 0.430 e. The maximum atomic E-state index is 15.3. The SMILES string of the molecule is CC(C)(C)OC(=O)N1CC(Oc2cccc(F)c2CNc2cc(F)c(S(=O)(=O)N(C(=O)OC(C)(C)C)c3cscn3)c(F)c2)C1. The number of likely N-dealkylation sites (tertiary alicyclic amines) is 1. The largest absolute Gasteiger partial charge is 0.486 e. The number of amides is 2. The van der Waals surface area contributed by atoms with Crippen LogP contribution in [0.2, 0.25) is 0 Å². The quantitative estimate of drug-likeness (QED) is 0.294. The Morgan fingerprint density at radius 3 is 2.20 bits per heavy atom. The van der Waals surface area contributed by atoms with Crippen molar-refractivity contribution in [3.05, 3.63) is 64.2 Å². The van der Waals surface area contributed by atoms with Gasteiger partial charge in [-0.2, -0.15) is 0 Å². The van der Waals surface area contributed by atoms with Crippen LogP contribution in [0.25, 0.3) is 0 Å². The molecular weight excluding hydrogens is 637 g/mol. The molecule has 1 saturated heterocycles. The van der Waals surface area contributed by atoms with Gasteiger partial charge in [-0.05, 0) is 65.8 Å². The Morgan fingerprint density at radius 2 is 1.64 bits per heavy atom. The van der Waals surface area contributed by atoms with Gasteiger partial charge >= 0.3 is 12.2 Å². The zero-order valence-electron chi connectivity index (χ0n) is 25.4. The predicted octanol–water partition coefficient (Wildman–Crippen LogP) is 6.30. The molecule has 1 aliphatic rings. The first-order valence-corrected chi connectivity index (χ1v) is 16.1. The average molecular weight is 671 g/mol. The van der Waals surface area contributed by atoms with Crippen LogP contribution in [0, 0.1) is 17.5 Å². The topological polar surface area (TPSA) is 127 Å². The van der Waals surface area contributed by atoms with E-state index in [0.717, 1.165) is 11.3 Å². The third-order valence-corrected chi connectivity index (χ3v) is 8.32. The molecule has 2 amide bonds. The first kappa shape index (κ1) is 33.8. The number of halogens is 3. The Bertz CT molecular complexity index is 1640. The number of carbonyl (C=O) groups is 2. The first-order chi connectivity index (χ1) is 20.9. The molecular formula is C29H33F3N4O7S2. The van der Waals surface area contributed by atoms with Gasteiger partial charge in [0, 0.05) is 23.2 Å². The highest BCUT2D eigenvalue weighted by Gasteiger charge is 2.40. The molecule has 16 heteroatoms. The summed E-state index contributed by atoms with van der Waals surface area (Å²) in [6.07, 6.45) is -2.34. The molecule has 1 aromatic heterocycles. The third-order valence-electron chi connectivity index (χ3n) is 6.02. The minimum Gasteiger partial charge on any atom is -0.486 e. The molecule has 3 aromatic rings. The molecule has 1 fully saturated rings. The van der Waals surface area contributed by atoms with Gasteiger partial charge in [-0.25, -0.2) is 36.2 Å². The number of benzene rings is 2. The highest BCUT2D eigenvalue weighted by Crippen LogP contribution is 2.32. The van der Waals surface area contributed by atoms with E-state index in [0.29, 0.717) is 12.1 Å². The van der Waals surface area contributed by atoms with Crippen molar-refractivity contribution in [3.8, 4) is 5.75 Å². The van der Waals surface area contributed by atoms with Gasteiger partial charge in [0.2, 0.25) is 0 Å². The zero-order valence-corrected chi connectivity index (χ0v) is 27.0. The summed E-state index contributed by atoms with van der Waals surface area (Å²) in [5.41, 5.74) is -0.729. The lowest BCUT2D eigenvalue weighted by Gasteiger charge is -2.39. The molecule has 0 unspecified atom stereocenters.